The van der Waals surface area contributed by atoms with Crippen molar-refractivity contribution in [1.82, 2.24) is 9.97 Å². The predicted molar refractivity (Wildman–Crippen MR) is 70.5 cm³/mol. The van der Waals surface area contributed by atoms with Gasteiger partial charge in [0.15, 0.2) is 0 Å². The Morgan fingerprint density at radius 3 is 2.79 bits per heavy atom. The van der Waals surface area contributed by atoms with Crippen LogP contribution in [0.25, 0.3) is 0 Å². The fourth-order valence-electron chi connectivity index (χ4n) is 2.35. The van der Waals surface area contributed by atoms with Gasteiger partial charge in [-0.1, -0.05) is 0 Å². The van der Waals surface area contributed by atoms with E-state index >= 15 is 0 Å². The zero-order valence-electron chi connectivity index (χ0n) is 10.8. The average molecular weight is 287 g/mol. The van der Waals surface area contributed by atoms with Crippen molar-refractivity contribution in [3.63, 3.8) is 0 Å². The van der Waals surface area contributed by atoms with Gasteiger partial charge in [-0.05, 0) is 38.3 Å². The number of aryl methyl sites for hydroxylation is 1. The van der Waals surface area contributed by atoms with Crippen molar-refractivity contribution < 1.29 is 10.0 Å². The van der Waals surface area contributed by atoms with Gasteiger partial charge in [0, 0.05) is 13.1 Å². The van der Waals surface area contributed by atoms with Crippen molar-refractivity contribution in [2.75, 3.05) is 18.0 Å². The highest BCUT2D eigenvalue weighted by Gasteiger charge is 2.34. The van der Waals surface area contributed by atoms with Gasteiger partial charge in [0.1, 0.15) is 5.69 Å². The first-order valence-electron chi connectivity index (χ1n) is 5.96. The third kappa shape index (κ3) is 2.93. The van der Waals surface area contributed by atoms with E-state index in [9.17, 15) is 15.2 Å². The number of anilines is 1. The van der Waals surface area contributed by atoms with Crippen LogP contribution in [0.3, 0.4) is 0 Å². The number of rotatable bonds is 2. The Morgan fingerprint density at radius 2 is 2.21 bits per heavy atom. The topological polar surface area (TPSA) is 92.4 Å². The number of nitro groups is 1. The smallest absolute Gasteiger partial charge is 0.332 e. The quantitative estimate of drug-likeness (QED) is 0.505. The Kier molecular flexibility index (Phi) is 3.60. The van der Waals surface area contributed by atoms with E-state index < -0.39 is 10.5 Å². The molecule has 0 saturated carbocycles. The van der Waals surface area contributed by atoms with Crippen LogP contribution in [0.5, 0.6) is 0 Å². The van der Waals surface area contributed by atoms with Gasteiger partial charge in [-0.3, -0.25) is 10.1 Å². The van der Waals surface area contributed by atoms with E-state index in [2.05, 4.69) is 9.97 Å². The first-order valence-corrected chi connectivity index (χ1v) is 6.34. The normalized spacial score (nSPS) is 23.5. The van der Waals surface area contributed by atoms with Crippen LogP contribution < -0.4 is 4.90 Å². The lowest BCUT2D eigenvalue weighted by Crippen LogP contribution is -2.46. The maximum atomic E-state index is 11.2. The second-order valence-corrected chi connectivity index (χ2v) is 5.37. The molecule has 0 bridgehead atoms. The first kappa shape index (κ1) is 14.0. The van der Waals surface area contributed by atoms with Crippen LogP contribution in [0.1, 0.15) is 25.5 Å². The summed E-state index contributed by atoms with van der Waals surface area (Å²) >= 11 is 5.78. The highest BCUT2D eigenvalue weighted by atomic mass is 35.5. The summed E-state index contributed by atoms with van der Waals surface area (Å²) < 4.78 is 0. The molecule has 1 aliphatic heterocycles. The van der Waals surface area contributed by atoms with Gasteiger partial charge in [0.2, 0.25) is 11.1 Å². The van der Waals surface area contributed by atoms with Crippen LogP contribution in [0.15, 0.2) is 0 Å². The number of β-amino-alcohol motifs (C(OH)–C–C–N with tert-alkyl or cyclic N) is 1. The van der Waals surface area contributed by atoms with Gasteiger partial charge in [-0.2, -0.15) is 4.98 Å². The van der Waals surface area contributed by atoms with E-state index in [1.165, 1.54) is 6.92 Å². The van der Waals surface area contributed by atoms with E-state index in [1.807, 2.05) is 0 Å². The minimum atomic E-state index is -0.878. The number of nitrogens with zero attached hydrogens (tertiary/aromatic N) is 4. The molecule has 0 radical (unpaired) electrons. The fraction of sp³-hybridized carbons (Fsp3) is 0.636. The summed E-state index contributed by atoms with van der Waals surface area (Å²) in [4.78, 5) is 20.1. The predicted octanol–water partition coefficient (Wildman–Crippen LogP) is 1.70. The second kappa shape index (κ2) is 4.90. The summed E-state index contributed by atoms with van der Waals surface area (Å²) in [7, 11) is 0. The van der Waals surface area contributed by atoms with Gasteiger partial charge >= 0.3 is 5.69 Å². The van der Waals surface area contributed by atoms with E-state index in [0.717, 1.165) is 6.42 Å². The van der Waals surface area contributed by atoms with Crippen LogP contribution in [0, 0.1) is 17.0 Å². The van der Waals surface area contributed by atoms with Gasteiger partial charge in [-0.25, -0.2) is 4.98 Å². The molecule has 1 aliphatic rings. The van der Waals surface area contributed by atoms with Crippen LogP contribution in [-0.4, -0.2) is 38.7 Å². The molecule has 0 spiro atoms. The number of piperidine rings is 1. The van der Waals surface area contributed by atoms with Crippen LogP contribution >= 0.6 is 11.6 Å². The maximum absolute atomic E-state index is 11.2. The summed E-state index contributed by atoms with van der Waals surface area (Å²) in [5, 5.41) is 21.2. The number of halogens is 1. The van der Waals surface area contributed by atoms with Crippen molar-refractivity contribution in [1.29, 1.82) is 0 Å². The van der Waals surface area contributed by atoms with Crippen molar-refractivity contribution >= 4 is 23.1 Å². The first-order chi connectivity index (χ1) is 8.80. The molecule has 1 unspecified atom stereocenters. The summed E-state index contributed by atoms with van der Waals surface area (Å²) in [5.41, 5.74) is -0.801. The molecular formula is C11H15ClN4O3. The lowest BCUT2D eigenvalue weighted by Gasteiger charge is -2.37. The lowest BCUT2D eigenvalue weighted by atomic mass is 9.95. The Balaban J connectivity index is 2.46. The molecule has 104 valence electrons. The third-order valence-corrected chi connectivity index (χ3v) is 3.34. The van der Waals surface area contributed by atoms with E-state index in [0.29, 0.717) is 19.5 Å². The van der Waals surface area contributed by atoms with E-state index in [1.54, 1.807) is 11.8 Å². The van der Waals surface area contributed by atoms with Crippen LogP contribution in [0.2, 0.25) is 5.28 Å². The molecule has 8 heteroatoms. The molecule has 1 saturated heterocycles. The Labute approximate surface area is 115 Å². The molecule has 0 aromatic carbocycles. The molecular weight excluding hydrogens is 272 g/mol. The van der Waals surface area contributed by atoms with Gasteiger partial charge in [0.05, 0.1) is 10.5 Å². The van der Waals surface area contributed by atoms with Crippen LogP contribution in [0.4, 0.5) is 11.5 Å². The second-order valence-electron chi connectivity index (χ2n) is 5.03. The largest absolute Gasteiger partial charge is 0.388 e. The van der Waals surface area contributed by atoms with Crippen molar-refractivity contribution in [2.45, 2.75) is 32.3 Å². The molecule has 1 N–H and O–H groups in total. The zero-order chi connectivity index (χ0) is 14.2. The Morgan fingerprint density at radius 1 is 1.53 bits per heavy atom. The van der Waals surface area contributed by atoms with Gasteiger partial charge in [0.25, 0.3) is 0 Å². The summed E-state index contributed by atoms with van der Waals surface area (Å²) in [5.74, 6) is 0.183. The number of hydrogen-bond donors (Lipinski definition) is 1. The zero-order valence-corrected chi connectivity index (χ0v) is 11.5. The number of hydrogen-bond acceptors (Lipinski definition) is 6. The van der Waals surface area contributed by atoms with Crippen molar-refractivity contribution in [3.8, 4) is 0 Å². The molecule has 1 fully saturated rings. The number of aromatic nitrogens is 2. The standard InChI is InChI=1S/C11H15ClN4O3/c1-7-8(16(18)19)9(14-10(12)13-7)15-5-3-4-11(2,17)6-15/h17H,3-6H2,1-2H3. The van der Waals surface area contributed by atoms with E-state index in [4.69, 9.17) is 11.6 Å². The third-order valence-electron chi connectivity index (χ3n) is 3.17. The fourth-order valence-corrected chi connectivity index (χ4v) is 2.56. The minimum absolute atomic E-state index is 0.0247. The van der Waals surface area contributed by atoms with Crippen molar-refractivity contribution in [2.24, 2.45) is 0 Å². The monoisotopic (exact) mass is 286 g/mol. The summed E-state index contributed by atoms with van der Waals surface area (Å²) in [6, 6.07) is 0. The Bertz CT molecular complexity index is 521. The highest BCUT2D eigenvalue weighted by Crippen LogP contribution is 2.33. The molecule has 1 aromatic heterocycles. The maximum Gasteiger partial charge on any atom is 0.332 e. The molecule has 7 nitrogen and oxygen atoms in total. The number of aliphatic hydroxyl groups is 1. The molecule has 1 atom stereocenters. The Hall–Kier alpha value is -1.47. The highest BCUT2D eigenvalue weighted by molar-refractivity contribution is 6.28. The molecule has 0 aliphatic carbocycles. The molecule has 19 heavy (non-hydrogen) atoms. The van der Waals surface area contributed by atoms with E-state index in [-0.39, 0.29) is 22.5 Å². The molecule has 1 aromatic rings. The summed E-state index contributed by atoms with van der Waals surface area (Å²) in [6.45, 7) is 4.13. The molecule has 0 amide bonds. The van der Waals surface area contributed by atoms with Gasteiger partial charge < -0.3 is 10.0 Å². The average Bonchev–Trinajstić information content (AvgIpc) is 2.25. The lowest BCUT2D eigenvalue weighted by molar-refractivity contribution is -0.385. The molecule has 2 heterocycles. The van der Waals surface area contributed by atoms with Crippen LogP contribution in [-0.2, 0) is 0 Å². The SMILES string of the molecule is Cc1nc(Cl)nc(N2CCCC(C)(O)C2)c1[N+](=O)[O-]. The van der Waals surface area contributed by atoms with Gasteiger partial charge in [-0.15, -0.1) is 0 Å². The van der Waals surface area contributed by atoms with Crippen molar-refractivity contribution in [3.05, 3.63) is 21.1 Å². The minimum Gasteiger partial charge on any atom is -0.388 e. The summed E-state index contributed by atoms with van der Waals surface area (Å²) in [6.07, 6.45) is 1.40. The molecule has 2 rings (SSSR count).